The van der Waals surface area contributed by atoms with Crippen LogP contribution in [0.3, 0.4) is 0 Å². The first-order valence-corrected chi connectivity index (χ1v) is 11.0. The van der Waals surface area contributed by atoms with E-state index in [1.54, 1.807) is 0 Å². The topological polar surface area (TPSA) is 13.0 Å². The molecule has 0 aromatic carbocycles. The second-order valence-corrected chi connectivity index (χ2v) is 9.27. The summed E-state index contributed by atoms with van der Waals surface area (Å²) in [4.78, 5) is 10.8. The molecular weight excluding hydrogens is 308 g/mol. The minimum Gasteiger partial charge on any atom is -0.301 e. The zero-order valence-corrected chi connectivity index (χ0v) is 17.3. The fraction of sp³-hybridized carbons (Fsp3) is 1.00. The second kappa shape index (κ2) is 9.16. The lowest BCUT2D eigenvalue weighted by molar-refractivity contribution is 0.0498. The maximum absolute atomic E-state index is 2.82. The first kappa shape index (κ1) is 19.6. The van der Waals surface area contributed by atoms with Crippen molar-refractivity contribution < 1.29 is 0 Å². The smallest absolute Gasteiger partial charge is 0.0120 e. The van der Waals surface area contributed by atoms with Gasteiger partial charge >= 0.3 is 0 Å². The van der Waals surface area contributed by atoms with Crippen molar-refractivity contribution in [2.24, 2.45) is 5.92 Å². The highest BCUT2D eigenvalue weighted by molar-refractivity contribution is 4.85. The van der Waals surface area contributed by atoms with Crippen molar-refractivity contribution in [3.8, 4) is 0 Å². The third-order valence-electron chi connectivity index (χ3n) is 7.05. The molecule has 0 aliphatic carbocycles. The Morgan fingerprint density at radius 3 is 1.68 bits per heavy atom. The lowest BCUT2D eigenvalue weighted by Gasteiger charge is -2.44. The molecule has 0 unspecified atom stereocenters. The predicted molar refractivity (Wildman–Crippen MR) is 107 cm³/mol. The lowest BCUT2D eigenvalue weighted by Crippen LogP contribution is -2.52. The zero-order valence-electron chi connectivity index (χ0n) is 17.3. The summed E-state index contributed by atoms with van der Waals surface area (Å²) in [6, 6.07) is 2.31. The van der Waals surface area contributed by atoms with Crippen LogP contribution in [0.25, 0.3) is 0 Å². The number of nitrogens with zero attached hydrogens (tertiary/aromatic N) is 4. The van der Waals surface area contributed by atoms with E-state index in [-0.39, 0.29) is 0 Å². The van der Waals surface area contributed by atoms with Gasteiger partial charge in [-0.25, -0.2) is 0 Å². The van der Waals surface area contributed by atoms with Crippen molar-refractivity contribution in [3.63, 3.8) is 0 Å². The molecule has 0 amide bonds. The van der Waals surface area contributed by atoms with Crippen LogP contribution in [-0.2, 0) is 0 Å². The van der Waals surface area contributed by atoms with Gasteiger partial charge in [0.05, 0.1) is 0 Å². The maximum Gasteiger partial charge on any atom is 0.0120 e. The summed E-state index contributed by atoms with van der Waals surface area (Å²) >= 11 is 0. The normalized spacial score (nSPS) is 27.6. The van der Waals surface area contributed by atoms with Gasteiger partial charge in [-0.05, 0) is 85.5 Å². The van der Waals surface area contributed by atoms with E-state index in [1.165, 1.54) is 84.6 Å². The molecule has 25 heavy (non-hydrogen) atoms. The van der Waals surface area contributed by atoms with Crippen LogP contribution in [0.4, 0.5) is 0 Å². The minimum absolute atomic E-state index is 0.715. The van der Waals surface area contributed by atoms with Crippen molar-refractivity contribution in [2.75, 3.05) is 58.9 Å². The Hall–Kier alpha value is -0.160. The van der Waals surface area contributed by atoms with Gasteiger partial charge in [-0.2, -0.15) is 0 Å². The molecule has 3 heterocycles. The molecule has 0 bridgehead atoms. The number of hydrogen-bond acceptors (Lipinski definition) is 4. The van der Waals surface area contributed by atoms with Crippen LogP contribution in [0, 0.1) is 5.92 Å². The molecule has 3 saturated heterocycles. The van der Waals surface area contributed by atoms with Gasteiger partial charge in [0.2, 0.25) is 0 Å². The van der Waals surface area contributed by atoms with Crippen LogP contribution in [0.5, 0.6) is 0 Å². The fourth-order valence-electron chi connectivity index (χ4n) is 5.10. The van der Waals surface area contributed by atoms with E-state index in [2.05, 4.69) is 47.3 Å². The van der Waals surface area contributed by atoms with E-state index in [0.29, 0.717) is 6.04 Å². The highest BCUT2D eigenvalue weighted by Crippen LogP contribution is 2.25. The molecule has 0 atom stereocenters. The molecule has 4 nitrogen and oxygen atoms in total. The first-order chi connectivity index (χ1) is 12.0. The van der Waals surface area contributed by atoms with E-state index in [0.717, 1.165) is 18.0 Å². The van der Waals surface area contributed by atoms with Gasteiger partial charge in [-0.1, -0.05) is 0 Å². The molecule has 4 heteroatoms. The van der Waals surface area contributed by atoms with Gasteiger partial charge in [-0.3, -0.25) is 4.90 Å². The molecule has 3 aliphatic rings. The van der Waals surface area contributed by atoms with Gasteiger partial charge < -0.3 is 14.7 Å². The van der Waals surface area contributed by atoms with Crippen molar-refractivity contribution in [1.29, 1.82) is 0 Å². The van der Waals surface area contributed by atoms with Crippen molar-refractivity contribution in [3.05, 3.63) is 0 Å². The van der Waals surface area contributed by atoms with Crippen molar-refractivity contribution in [2.45, 2.75) is 71.5 Å². The van der Waals surface area contributed by atoms with Gasteiger partial charge in [0, 0.05) is 50.8 Å². The SMILES string of the molecule is CC(C)N1CCC(N2CCC(CN3CCN(C(C)C)CC3)CC2)CC1. The monoisotopic (exact) mass is 350 g/mol. The summed E-state index contributed by atoms with van der Waals surface area (Å²) in [6.07, 6.45) is 5.63. The Kier molecular flexibility index (Phi) is 7.18. The molecule has 0 N–H and O–H groups in total. The van der Waals surface area contributed by atoms with Crippen LogP contribution in [0.15, 0.2) is 0 Å². The fourth-order valence-corrected chi connectivity index (χ4v) is 5.10. The first-order valence-electron chi connectivity index (χ1n) is 11.0. The average molecular weight is 351 g/mol. The average Bonchev–Trinajstić information content (AvgIpc) is 2.63. The number of piperazine rings is 1. The Morgan fingerprint density at radius 2 is 1.16 bits per heavy atom. The molecule has 3 rings (SSSR count). The van der Waals surface area contributed by atoms with Crippen molar-refractivity contribution >= 4 is 0 Å². The molecular formula is C21H42N4. The van der Waals surface area contributed by atoms with E-state index < -0.39 is 0 Å². The number of likely N-dealkylation sites (tertiary alicyclic amines) is 2. The maximum atomic E-state index is 2.82. The number of rotatable bonds is 5. The molecule has 0 aromatic rings. The summed E-state index contributed by atoms with van der Waals surface area (Å²) in [5, 5.41) is 0. The quantitative estimate of drug-likeness (QED) is 0.755. The van der Waals surface area contributed by atoms with E-state index in [9.17, 15) is 0 Å². The molecule has 0 radical (unpaired) electrons. The summed E-state index contributed by atoms with van der Waals surface area (Å²) < 4.78 is 0. The molecule has 3 aliphatic heterocycles. The van der Waals surface area contributed by atoms with Gasteiger partial charge in [0.25, 0.3) is 0 Å². The van der Waals surface area contributed by atoms with Gasteiger partial charge in [0.15, 0.2) is 0 Å². The number of hydrogen-bond donors (Lipinski definition) is 0. The van der Waals surface area contributed by atoms with Gasteiger partial charge in [0.1, 0.15) is 0 Å². The molecule has 0 spiro atoms. The highest BCUT2D eigenvalue weighted by atomic mass is 15.3. The third kappa shape index (κ3) is 5.41. The van der Waals surface area contributed by atoms with Gasteiger partial charge in [-0.15, -0.1) is 0 Å². The summed E-state index contributed by atoms with van der Waals surface area (Å²) in [5.74, 6) is 0.942. The van der Waals surface area contributed by atoms with E-state index >= 15 is 0 Å². The number of piperidine rings is 2. The van der Waals surface area contributed by atoms with Crippen LogP contribution in [-0.4, -0.2) is 96.6 Å². The summed E-state index contributed by atoms with van der Waals surface area (Å²) in [6.45, 7) is 21.1. The Labute approximate surface area is 156 Å². The minimum atomic E-state index is 0.715. The highest BCUT2D eigenvalue weighted by Gasteiger charge is 2.30. The largest absolute Gasteiger partial charge is 0.301 e. The Bertz CT molecular complexity index is 373. The summed E-state index contributed by atoms with van der Waals surface area (Å²) in [5.41, 5.74) is 0. The predicted octanol–water partition coefficient (Wildman–Crippen LogP) is 2.60. The molecule has 3 fully saturated rings. The Balaban J connectivity index is 1.34. The van der Waals surface area contributed by atoms with Crippen LogP contribution in [0.2, 0.25) is 0 Å². The summed E-state index contributed by atoms with van der Waals surface area (Å²) in [7, 11) is 0. The molecule has 146 valence electrons. The molecule has 0 saturated carbocycles. The zero-order chi connectivity index (χ0) is 17.8. The van der Waals surface area contributed by atoms with Crippen LogP contribution >= 0.6 is 0 Å². The van der Waals surface area contributed by atoms with E-state index in [1.807, 2.05) is 0 Å². The van der Waals surface area contributed by atoms with E-state index in [4.69, 9.17) is 0 Å². The third-order valence-corrected chi connectivity index (χ3v) is 7.05. The van der Waals surface area contributed by atoms with Crippen molar-refractivity contribution in [1.82, 2.24) is 19.6 Å². The lowest BCUT2D eigenvalue weighted by atomic mass is 9.92. The molecule has 0 aromatic heterocycles. The van der Waals surface area contributed by atoms with Crippen LogP contribution < -0.4 is 0 Å². The second-order valence-electron chi connectivity index (χ2n) is 9.27. The Morgan fingerprint density at radius 1 is 0.640 bits per heavy atom. The standard InChI is InChI=1S/C21H42N4/c1-18(2)23-11-7-21(8-12-23)25-9-5-20(6-10-25)17-22-13-15-24(16-14-22)19(3)4/h18-21H,5-17H2,1-4H3. The van der Waals surface area contributed by atoms with Crippen LogP contribution in [0.1, 0.15) is 53.4 Å².